The Balaban J connectivity index is 0.000000441. The van der Waals surface area contributed by atoms with Gasteiger partial charge in [0.05, 0.1) is 38.4 Å². The fourth-order valence-corrected chi connectivity index (χ4v) is 1.53. The number of carbonyl (C=O) groups excluding carboxylic acids is 1. The molecule has 0 bridgehead atoms. The molecule has 136 valence electrons. The van der Waals surface area contributed by atoms with Crippen LogP contribution in [0.1, 0.15) is 0 Å². The smallest absolute Gasteiger partial charge is 0.334 e. The lowest BCUT2D eigenvalue weighted by molar-refractivity contribution is -0.135. The number of cyclic esters (lactones) is 1. The number of carboxylic acid groups (broad SMARTS) is 1. The van der Waals surface area contributed by atoms with Crippen LogP contribution in [0.3, 0.4) is 0 Å². The molecule has 0 aromatic carbocycles. The van der Waals surface area contributed by atoms with Gasteiger partial charge in [-0.1, -0.05) is 18.7 Å². The molecule has 0 aliphatic carbocycles. The second-order valence-electron chi connectivity index (χ2n) is 5.21. The van der Waals surface area contributed by atoms with E-state index >= 15 is 0 Å². The first-order valence-corrected chi connectivity index (χ1v) is 7.14. The molecule has 0 amide bonds. The van der Waals surface area contributed by atoms with Gasteiger partial charge in [-0.05, 0) is 0 Å². The highest BCUT2D eigenvalue weighted by atomic mass is 16.5. The molecule has 0 radical (unpaired) electrons. The van der Waals surface area contributed by atoms with Gasteiger partial charge in [0.15, 0.2) is 0 Å². The van der Waals surface area contributed by atoms with Gasteiger partial charge in [-0.2, -0.15) is 0 Å². The molecule has 4 N–H and O–H groups in total. The Hall–Kier alpha value is -2.00. The Morgan fingerprint density at radius 1 is 1.33 bits per heavy atom. The number of aliphatic hydroxyl groups excluding tert-OH is 3. The number of hydrogen-bond acceptors (Lipinski definition) is 7. The van der Waals surface area contributed by atoms with Crippen LogP contribution in [0, 0.1) is 11.3 Å². The van der Waals surface area contributed by atoms with E-state index in [0.717, 1.165) is 6.08 Å². The molecule has 1 aliphatic rings. The molecule has 0 spiro atoms. The lowest BCUT2D eigenvalue weighted by atomic mass is 9.93. The van der Waals surface area contributed by atoms with E-state index in [2.05, 4.69) is 17.9 Å². The zero-order valence-corrected chi connectivity index (χ0v) is 13.4. The monoisotopic (exact) mass is 344 g/mol. The van der Waals surface area contributed by atoms with Gasteiger partial charge in [0.25, 0.3) is 0 Å². The van der Waals surface area contributed by atoms with Gasteiger partial charge in [0, 0.05) is 17.6 Å². The Morgan fingerprint density at radius 2 is 1.92 bits per heavy atom. The summed E-state index contributed by atoms with van der Waals surface area (Å²) in [5.74, 6) is -1.77. The van der Waals surface area contributed by atoms with Crippen LogP contribution in [0.2, 0.25) is 0 Å². The van der Waals surface area contributed by atoms with Crippen molar-refractivity contribution in [2.24, 2.45) is 11.3 Å². The van der Waals surface area contributed by atoms with E-state index in [4.69, 9.17) is 25.2 Å². The second kappa shape index (κ2) is 11.5. The highest BCUT2D eigenvalue weighted by Crippen LogP contribution is 2.20. The molecule has 0 aromatic heterocycles. The summed E-state index contributed by atoms with van der Waals surface area (Å²) in [6.45, 7) is 6.71. The zero-order valence-electron chi connectivity index (χ0n) is 13.4. The van der Waals surface area contributed by atoms with Gasteiger partial charge in [-0.15, -0.1) is 6.58 Å². The standard InChI is InChI=1S/C8H8O4.C8H16O4/c1-5-6(2-3-7(9)10)4-12-8(5)11;1-2-3-12-7-8(4-9,5-10)6-11/h2-3,6H,1,4H2,(H,9,10);2,9-11H,1,3-7H2. The van der Waals surface area contributed by atoms with Crippen molar-refractivity contribution < 1.29 is 39.5 Å². The molecule has 1 unspecified atom stereocenters. The van der Waals surface area contributed by atoms with Crippen LogP contribution in [-0.2, 0) is 19.1 Å². The van der Waals surface area contributed by atoms with E-state index in [0.29, 0.717) is 12.2 Å². The third-order valence-corrected chi connectivity index (χ3v) is 3.23. The van der Waals surface area contributed by atoms with Gasteiger partial charge >= 0.3 is 11.9 Å². The predicted molar refractivity (Wildman–Crippen MR) is 85.1 cm³/mol. The van der Waals surface area contributed by atoms with Crippen molar-refractivity contribution in [3.8, 4) is 0 Å². The molecule has 0 saturated carbocycles. The van der Waals surface area contributed by atoms with Crippen LogP contribution in [0.4, 0.5) is 0 Å². The Morgan fingerprint density at radius 3 is 2.29 bits per heavy atom. The van der Waals surface area contributed by atoms with E-state index < -0.39 is 17.4 Å². The van der Waals surface area contributed by atoms with Crippen LogP contribution in [-0.4, -0.2) is 72.0 Å². The lowest BCUT2D eigenvalue weighted by Gasteiger charge is -2.26. The highest BCUT2D eigenvalue weighted by Gasteiger charge is 2.28. The maximum Gasteiger partial charge on any atom is 0.334 e. The summed E-state index contributed by atoms with van der Waals surface area (Å²) in [6, 6.07) is 0. The van der Waals surface area contributed by atoms with Crippen molar-refractivity contribution in [2.75, 3.05) is 39.6 Å². The quantitative estimate of drug-likeness (QED) is 0.191. The topological polar surface area (TPSA) is 134 Å². The summed E-state index contributed by atoms with van der Waals surface area (Å²) < 4.78 is 9.65. The summed E-state index contributed by atoms with van der Waals surface area (Å²) in [5.41, 5.74) is -0.615. The lowest BCUT2D eigenvalue weighted by Crippen LogP contribution is -2.38. The van der Waals surface area contributed by atoms with Crippen molar-refractivity contribution in [1.82, 2.24) is 0 Å². The first kappa shape index (κ1) is 22.0. The van der Waals surface area contributed by atoms with Gasteiger partial charge in [0.2, 0.25) is 0 Å². The maximum absolute atomic E-state index is 10.7. The molecule has 1 heterocycles. The van der Waals surface area contributed by atoms with Crippen LogP contribution in [0.15, 0.2) is 37.0 Å². The molecule has 8 nitrogen and oxygen atoms in total. The summed E-state index contributed by atoms with van der Waals surface area (Å²) >= 11 is 0. The van der Waals surface area contributed by atoms with Crippen molar-refractivity contribution in [2.45, 2.75) is 0 Å². The molecule has 1 atom stereocenters. The SMILES string of the molecule is C=C1C(=O)OCC1C=CC(=O)O.C=CCOCC(CO)(CO)CO. The number of aliphatic hydroxyl groups is 3. The van der Waals surface area contributed by atoms with Crippen molar-refractivity contribution in [3.05, 3.63) is 37.0 Å². The number of aliphatic carboxylic acids is 1. The summed E-state index contributed by atoms with van der Waals surface area (Å²) in [6.07, 6.45) is 3.95. The van der Waals surface area contributed by atoms with Gasteiger partial charge in [0.1, 0.15) is 6.61 Å². The summed E-state index contributed by atoms with van der Waals surface area (Å²) in [5, 5.41) is 34.8. The van der Waals surface area contributed by atoms with Crippen molar-refractivity contribution in [3.63, 3.8) is 0 Å². The number of esters is 1. The van der Waals surface area contributed by atoms with E-state index in [-0.39, 0.29) is 39.0 Å². The second-order valence-corrected chi connectivity index (χ2v) is 5.21. The Bertz CT molecular complexity index is 456. The number of hydrogen-bond donors (Lipinski definition) is 4. The van der Waals surface area contributed by atoms with Crippen LogP contribution < -0.4 is 0 Å². The molecule has 24 heavy (non-hydrogen) atoms. The third-order valence-electron chi connectivity index (χ3n) is 3.23. The normalized spacial score (nSPS) is 17.4. The molecule has 1 fully saturated rings. The van der Waals surface area contributed by atoms with Crippen LogP contribution in [0.5, 0.6) is 0 Å². The number of carboxylic acids is 1. The third kappa shape index (κ3) is 7.51. The van der Waals surface area contributed by atoms with Gasteiger partial charge < -0.3 is 29.9 Å². The number of ether oxygens (including phenoxy) is 2. The predicted octanol–water partition coefficient (Wildman–Crippen LogP) is -0.491. The average Bonchev–Trinajstić information content (AvgIpc) is 2.90. The minimum atomic E-state index is -1.04. The summed E-state index contributed by atoms with van der Waals surface area (Å²) in [7, 11) is 0. The van der Waals surface area contributed by atoms with Gasteiger partial charge in [-0.3, -0.25) is 0 Å². The fraction of sp³-hybridized carbons (Fsp3) is 0.500. The highest BCUT2D eigenvalue weighted by molar-refractivity contribution is 5.91. The molecule has 1 saturated heterocycles. The number of rotatable bonds is 9. The molecule has 1 rings (SSSR count). The average molecular weight is 344 g/mol. The van der Waals surface area contributed by atoms with Crippen LogP contribution in [0.25, 0.3) is 0 Å². The first-order valence-electron chi connectivity index (χ1n) is 7.14. The minimum absolute atomic E-state index is 0.127. The Kier molecular flexibility index (Phi) is 10.6. The van der Waals surface area contributed by atoms with E-state index in [1.54, 1.807) is 6.08 Å². The molecule has 1 aliphatic heterocycles. The maximum atomic E-state index is 10.7. The van der Waals surface area contributed by atoms with Gasteiger partial charge in [-0.25, -0.2) is 9.59 Å². The Labute approximate surface area is 140 Å². The molecular formula is C16H24O8. The molecule has 0 aromatic rings. The van der Waals surface area contributed by atoms with E-state index in [1.165, 1.54) is 6.08 Å². The fourth-order valence-electron chi connectivity index (χ4n) is 1.53. The zero-order chi connectivity index (χ0) is 18.6. The van der Waals surface area contributed by atoms with Crippen molar-refractivity contribution in [1.29, 1.82) is 0 Å². The number of carbonyl (C=O) groups is 2. The van der Waals surface area contributed by atoms with Crippen LogP contribution >= 0.6 is 0 Å². The minimum Gasteiger partial charge on any atom is -0.478 e. The molecule has 8 heteroatoms. The molecular weight excluding hydrogens is 320 g/mol. The summed E-state index contributed by atoms with van der Waals surface area (Å²) in [4.78, 5) is 20.8. The van der Waals surface area contributed by atoms with Crippen molar-refractivity contribution >= 4 is 11.9 Å². The van der Waals surface area contributed by atoms with E-state index in [9.17, 15) is 9.59 Å². The first-order chi connectivity index (χ1) is 11.4. The largest absolute Gasteiger partial charge is 0.478 e. The van der Waals surface area contributed by atoms with E-state index in [1.807, 2.05) is 0 Å².